The molecule has 10 nitrogen and oxygen atoms in total. The molecule has 0 aromatic carbocycles. The van der Waals surface area contributed by atoms with Crippen LogP contribution in [0.15, 0.2) is 16.5 Å². The van der Waals surface area contributed by atoms with Crippen molar-refractivity contribution in [2.45, 2.75) is 58.1 Å². The minimum absolute atomic E-state index is 0.134. The lowest BCUT2D eigenvalue weighted by molar-refractivity contribution is -0.115. The molecule has 2 saturated heterocycles. The van der Waals surface area contributed by atoms with E-state index in [9.17, 15) is 9.00 Å². The number of carbonyl (C=O) groups is 1. The van der Waals surface area contributed by atoms with Gasteiger partial charge in [0.25, 0.3) is 5.91 Å². The van der Waals surface area contributed by atoms with Gasteiger partial charge in [0.1, 0.15) is 17.0 Å². The summed E-state index contributed by atoms with van der Waals surface area (Å²) in [5.41, 5.74) is 4.05. The van der Waals surface area contributed by atoms with E-state index in [4.69, 9.17) is 23.9 Å². The fourth-order valence-electron chi connectivity index (χ4n) is 4.88. The third-order valence-electron chi connectivity index (χ3n) is 6.42. The number of amides is 1. The van der Waals surface area contributed by atoms with Gasteiger partial charge in [0.15, 0.2) is 6.23 Å². The van der Waals surface area contributed by atoms with Crippen LogP contribution in [0.2, 0.25) is 0 Å². The molecule has 0 radical (unpaired) electrons. The number of aryl methyl sites for hydroxylation is 1. The zero-order valence-corrected chi connectivity index (χ0v) is 22.7. The Kier molecular flexibility index (Phi) is 7.12. The minimum atomic E-state index is -2.77. The van der Waals surface area contributed by atoms with E-state index in [0.29, 0.717) is 26.4 Å². The summed E-state index contributed by atoms with van der Waals surface area (Å²) in [6.07, 6.45) is 4.44. The monoisotopic (exact) mass is 532 g/mol. The topological polar surface area (TPSA) is 112 Å². The van der Waals surface area contributed by atoms with Crippen molar-refractivity contribution in [1.29, 1.82) is 0 Å². The maximum atomic E-state index is 13.2. The molecule has 2 aliphatic rings. The molecule has 36 heavy (non-hydrogen) atoms. The van der Waals surface area contributed by atoms with E-state index in [1.807, 2.05) is 23.7 Å². The first-order chi connectivity index (χ1) is 17.2. The van der Waals surface area contributed by atoms with Crippen molar-refractivity contribution >= 4 is 43.2 Å². The number of pyridine rings is 1. The summed E-state index contributed by atoms with van der Waals surface area (Å²) in [4.78, 5) is 18.9. The van der Waals surface area contributed by atoms with E-state index >= 15 is 0 Å². The lowest BCUT2D eigenvalue weighted by atomic mass is 10.1. The molecule has 0 bridgehead atoms. The first kappa shape index (κ1) is 25.2. The highest BCUT2D eigenvalue weighted by molar-refractivity contribution is 7.92. The summed E-state index contributed by atoms with van der Waals surface area (Å²) in [5, 5.41) is 4.74. The van der Waals surface area contributed by atoms with Gasteiger partial charge in [0.05, 0.1) is 50.8 Å². The molecule has 5 rings (SSSR count). The first-order valence-electron chi connectivity index (χ1n) is 12.2. The van der Waals surface area contributed by atoms with Crippen molar-refractivity contribution in [2.75, 3.05) is 37.5 Å². The molecule has 2 aliphatic heterocycles. The number of rotatable bonds is 5. The van der Waals surface area contributed by atoms with Crippen LogP contribution in [-0.4, -0.2) is 67.9 Å². The van der Waals surface area contributed by atoms with E-state index in [0.717, 1.165) is 57.9 Å². The van der Waals surface area contributed by atoms with Gasteiger partial charge in [-0.3, -0.25) is 4.79 Å². The number of hydrogen-bond acceptors (Lipinski definition) is 9. The van der Waals surface area contributed by atoms with E-state index in [2.05, 4.69) is 16.2 Å². The number of morpholine rings is 1. The maximum absolute atomic E-state index is 13.2. The van der Waals surface area contributed by atoms with Crippen molar-refractivity contribution in [3.63, 3.8) is 0 Å². The molecule has 12 heteroatoms. The fraction of sp³-hybridized carbons (Fsp3) is 0.583. The molecule has 194 valence electrons. The van der Waals surface area contributed by atoms with Crippen LogP contribution in [0.5, 0.6) is 0 Å². The zero-order valence-electron chi connectivity index (χ0n) is 21.1. The molecule has 2 unspecified atom stereocenters. The van der Waals surface area contributed by atoms with Gasteiger partial charge in [-0.2, -0.15) is 13.8 Å². The van der Waals surface area contributed by atoms with Gasteiger partial charge < -0.3 is 14.4 Å². The number of carbonyl (C=O) groups excluding carboxylic acids is 1. The summed E-state index contributed by atoms with van der Waals surface area (Å²) in [6.45, 7) is 8.04. The Morgan fingerprint density at radius 1 is 1.31 bits per heavy atom. The standard InChI is InChI=1S/C24H32N6O4S2/c1-15-11-19(30(26-15)21-7-5-6-9-34-21)22-23-24(35-27-22)18(14-36(4,32)28-17(3)31)12-20(25-23)29-8-10-33-13-16(29)2/h11-12,16,21H,5-10,13-14H2,1-4H3/t16-,21?,36?/m1/s1. The third-order valence-corrected chi connectivity index (χ3v) is 8.83. The Hall–Kier alpha value is -2.41. The number of fused-ring (bicyclic) bond motifs is 1. The minimum Gasteiger partial charge on any atom is -0.377 e. The first-order valence-corrected chi connectivity index (χ1v) is 15.1. The van der Waals surface area contributed by atoms with Crippen LogP contribution in [0.1, 0.15) is 50.6 Å². The number of ether oxygens (including phenoxy) is 2. The number of nitrogens with zero attached hydrogens (tertiary/aromatic N) is 6. The summed E-state index contributed by atoms with van der Waals surface area (Å²) in [7, 11) is -2.77. The molecular formula is C24H32N6O4S2. The highest BCUT2D eigenvalue weighted by Gasteiger charge is 2.27. The van der Waals surface area contributed by atoms with Crippen molar-refractivity contribution in [2.24, 2.45) is 4.36 Å². The third kappa shape index (κ3) is 5.17. The highest BCUT2D eigenvalue weighted by Crippen LogP contribution is 2.37. The van der Waals surface area contributed by atoms with E-state index in [-0.39, 0.29) is 18.0 Å². The Labute approximate surface area is 215 Å². The molecule has 5 heterocycles. The normalized spacial score (nSPS) is 22.5. The Bertz CT molecular complexity index is 1400. The summed E-state index contributed by atoms with van der Waals surface area (Å²) in [5.74, 6) is 0.486. The quantitative estimate of drug-likeness (QED) is 0.486. The molecule has 3 atom stereocenters. The predicted molar refractivity (Wildman–Crippen MR) is 141 cm³/mol. The maximum Gasteiger partial charge on any atom is 0.250 e. The second kappa shape index (κ2) is 10.2. The molecular weight excluding hydrogens is 500 g/mol. The molecule has 3 aromatic heterocycles. The Balaban J connectivity index is 1.67. The molecule has 0 saturated carbocycles. The molecule has 3 aromatic rings. The largest absolute Gasteiger partial charge is 0.377 e. The average Bonchev–Trinajstić information content (AvgIpc) is 3.42. The summed E-state index contributed by atoms with van der Waals surface area (Å²) < 4.78 is 36.4. The fourth-order valence-corrected chi connectivity index (χ4v) is 7.22. The molecule has 2 fully saturated rings. The van der Waals surface area contributed by atoms with E-state index < -0.39 is 15.6 Å². The van der Waals surface area contributed by atoms with Crippen LogP contribution in [0.25, 0.3) is 21.6 Å². The SMILES string of the molecule is CC(=O)N=S(C)(=O)Cc1cc(N2CCOC[C@H]2C)nc2c(-c3cc(C)nn3C3CCCCO3)nsc12. The summed E-state index contributed by atoms with van der Waals surface area (Å²) in [6, 6.07) is 4.13. The van der Waals surface area contributed by atoms with E-state index in [1.54, 1.807) is 0 Å². The van der Waals surface area contributed by atoms with Crippen molar-refractivity contribution < 1.29 is 18.5 Å². The lowest BCUT2D eigenvalue weighted by Gasteiger charge is -2.34. The van der Waals surface area contributed by atoms with Crippen LogP contribution < -0.4 is 4.90 Å². The average molecular weight is 533 g/mol. The Morgan fingerprint density at radius 2 is 2.14 bits per heavy atom. The number of hydrogen-bond donors (Lipinski definition) is 0. The molecule has 0 N–H and O–H groups in total. The van der Waals surface area contributed by atoms with Crippen LogP contribution in [-0.2, 0) is 29.8 Å². The second-order valence-electron chi connectivity index (χ2n) is 9.62. The van der Waals surface area contributed by atoms with E-state index in [1.165, 1.54) is 24.7 Å². The van der Waals surface area contributed by atoms with Gasteiger partial charge in [-0.25, -0.2) is 13.9 Å². The number of aromatic nitrogens is 4. The van der Waals surface area contributed by atoms with Crippen molar-refractivity contribution in [3.8, 4) is 11.4 Å². The van der Waals surface area contributed by atoms with Gasteiger partial charge in [-0.15, -0.1) is 0 Å². The molecule has 0 aliphatic carbocycles. The van der Waals surface area contributed by atoms with Gasteiger partial charge in [-0.05, 0) is 62.3 Å². The van der Waals surface area contributed by atoms with Crippen LogP contribution in [0, 0.1) is 6.92 Å². The van der Waals surface area contributed by atoms with Gasteiger partial charge in [0.2, 0.25) is 0 Å². The second-order valence-corrected chi connectivity index (χ2v) is 12.8. The lowest BCUT2D eigenvalue weighted by Crippen LogP contribution is -2.44. The molecule has 0 spiro atoms. The van der Waals surface area contributed by atoms with Gasteiger partial charge in [-0.1, -0.05) is 0 Å². The van der Waals surface area contributed by atoms with Crippen LogP contribution in [0.4, 0.5) is 5.82 Å². The van der Waals surface area contributed by atoms with Crippen LogP contribution >= 0.6 is 11.5 Å². The molecule has 1 amide bonds. The van der Waals surface area contributed by atoms with Crippen molar-refractivity contribution in [1.82, 2.24) is 19.1 Å². The zero-order chi connectivity index (χ0) is 25.4. The van der Waals surface area contributed by atoms with Crippen LogP contribution in [0.3, 0.4) is 0 Å². The smallest absolute Gasteiger partial charge is 0.250 e. The Morgan fingerprint density at radius 3 is 2.86 bits per heavy atom. The predicted octanol–water partition coefficient (Wildman–Crippen LogP) is 3.93. The number of anilines is 1. The highest BCUT2D eigenvalue weighted by atomic mass is 32.2. The van der Waals surface area contributed by atoms with Crippen molar-refractivity contribution in [3.05, 3.63) is 23.4 Å². The van der Waals surface area contributed by atoms with Gasteiger partial charge in [0, 0.05) is 26.3 Å². The van der Waals surface area contributed by atoms with Gasteiger partial charge >= 0.3 is 0 Å². The summed E-state index contributed by atoms with van der Waals surface area (Å²) >= 11 is 1.33.